The third-order valence-electron chi connectivity index (χ3n) is 3.76. The fourth-order valence-electron chi connectivity index (χ4n) is 2.69. The zero-order chi connectivity index (χ0) is 15.5. The Bertz CT molecular complexity index is 693. The van der Waals surface area contributed by atoms with E-state index in [4.69, 9.17) is 5.21 Å². The third kappa shape index (κ3) is 2.89. The maximum absolute atomic E-state index is 13.9. The average molecular weight is 302 g/mol. The average Bonchev–Trinajstić information content (AvgIpc) is 2.55. The number of rotatable bonds is 3. The van der Waals surface area contributed by atoms with Gasteiger partial charge in [0.15, 0.2) is 0 Å². The van der Waals surface area contributed by atoms with E-state index in [2.05, 4.69) is 15.3 Å². The van der Waals surface area contributed by atoms with Gasteiger partial charge in [0.1, 0.15) is 5.82 Å². The van der Waals surface area contributed by atoms with Crippen LogP contribution in [0.2, 0.25) is 0 Å². The monoisotopic (exact) mass is 302 g/mol. The molecule has 0 saturated heterocycles. The Labute approximate surface area is 126 Å². The van der Waals surface area contributed by atoms with Crippen LogP contribution in [0.25, 0.3) is 0 Å². The second kappa shape index (κ2) is 6.07. The van der Waals surface area contributed by atoms with Crippen molar-refractivity contribution in [3.05, 3.63) is 53.1 Å². The number of aryl methyl sites for hydroxylation is 1. The molecule has 1 aromatic carbocycles. The molecule has 3 N–H and O–H groups in total. The Kier molecular flexibility index (Phi) is 3.97. The van der Waals surface area contributed by atoms with Crippen LogP contribution in [0.4, 0.5) is 10.3 Å². The molecular formula is C15H15FN4O2. The minimum absolute atomic E-state index is 0.116. The van der Waals surface area contributed by atoms with E-state index in [1.54, 1.807) is 18.5 Å². The van der Waals surface area contributed by atoms with Crippen LogP contribution in [-0.2, 0) is 12.8 Å². The summed E-state index contributed by atoms with van der Waals surface area (Å²) in [4.78, 5) is 19.7. The lowest BCUT2D eigenvalue weighted by Gasteiger charge is -2.26. The quantitative estimate of drug-likeness (QED) is 0.593. The van der Waals surface area contributed by atoms with Crippen LogP contribution >= 0.6 is 0 Å². The summed E-state index contributed by atoms with van der Waals surface area (Å²) < 4.78 is 13.9. The van der Waals surface area contributed by atoms with Crippen LogP contribution in [0.5, 0.6) is 0 Å². The number of aromatic nitrogens is 2. The lowest BCUT2D eigenvalue weighted by molar-refractivity contribution is 0.0701. The Balaban J connectivity index is 1.81. The Morgan fingerprint density at radius 3 is 2.77 bits per heavy atom. The molecule has 0 spiro atoms. The molecule has 0 bridgehead atoms. The van der Waals surface area contributed by atoms with Gasteiger partial charge in [-0.25, -0.2) is 19.8 Å². The maximum Gasteiger partial charge on any atom is 0.277 e. The second-order valence-electron chi connectivity index (χ2n) is 5.20. The Hall–Kier alpha value is -2.54. The zero-order valence-corrected chi connectivity index (χ0v) is 11.7. The topological polar surface area (TPSA) is 87.1 Å². The van der Waals surface area contributed by atoms with Crippen molar-refractivity contribution in [2.75, 3.05) is 5.32 Å². The molecular weight excluding hydrogens is 287 g/mol. The molecule has 0 aliphatic heterocycles. The van der Waals surface area contributed by atoms with Gasteiger partial charge in [-0.3, -0.25) is 10.0 Å². The highest BCUT2D eigenvalue weighted by Crippen LogP contribution is 2.26. The van der Waals surface area contributed by atoms with E-state index in [9.17, 15) is 9.18 Å². The molecule has 0 saturated carbocycles. The minimum Gasteiger partial charge on any atom is -0.351 e. The maximum atomic E-state index is 13.9. The molecule has 7 heteroatoms. The van der Waals surface area contributed by atoms with Crippen molar-refractivity contribution in [1.29, 1.82) is 0 Å². The predicted octanol–water partition coefficient (Wildman–Crippen LogP) is 1.70. The fourth-order valence-corrected chi connectivity index (χ4v) is 2.69. The van der Waals surface area contributed by atoms with Gasteiger partial charge in [-0.05, 0) is 48.6 Å². The lowest BCUT2D eigenvalue weighted by atomic mass is 9.87. The molecule has 0 fully saturated rings. The summed E-state index contributed by atoms with van der Waals surface area (Å²) in [7, 11) is 0. The molecule has 1 aliphatic rings. The molecule has 1 atom stereocenters. The number of amides is 1. The number of hydrogen-bond acceptors (Lipinski definition) is 5. The molecule has 1 heterocycles. The first-order valence-corrected chi connectivity index (χ1v) is 6.96. The van der Waals surface area contributed by atoms with Crippen molar-refractivity contribution in [3.8, 4) is 0 Å². The van der Waals surface area contributed by atoms with Crippen LogP contribution in [0.3, 0.4) is 0 Å². The van der Waals surface area contributed by atoms with Crippen LogP contribution in [-0.4, -0.2) is 27.1 Å². The van der Waals surface area contributed by atoms with Gasteiger partial charge < -0.3 is 5.32 Å². The van der Waals surface area contributed by atoms with E-state index in [1.165, 1.54) is 17.6 Å². The summed E-state index contributed by atoms with van der Waals surface area (Å²) in [5, 5.41) is 11.9. The smallest absolute Gasteiger partial charge is 0.277 e. The number of hydrogen-bond donors (Lipinski definition) is 3. The number of halogens is 1. The number of nitrogens with one attached hydrogen (secondary N) is 2. The highest BCUT2D eigenvalue weighted by molar-refractivity contribution is 5.93. The van der Waals surface area contributed by atoms with Crippen molar-refractivity contribution in [3.63, 3.8) is 0 Å². The van der Waals surface area contributed by atoms with Crippen molar-refractivity contribution in [2.45, 2.75) is 25.3 Å². The van der Waals surface area contributed by atoms with E-state index in [0.29, 0.717) is 18.8 Å². The summed E-state index contributed by atoms with van der Waals surface area (Å²) in [6.45, 7) is 0. The van der Waals surface area contributed by atoms with Crippen molar-refractivity contribution >= 4 is 11.9 Å². The third-order valence-corrected chi connectivity index (χ3v) is 3.76. The molecule has 1 aliphatic carbocycles. The van der Waals surface area contributed by atoms with Gasteiger partial charge in [0.05, 0.1) is 5.56 Å². The van der Waals surface area contributed by atoms with Crippen molar-refractivity contribution in [2.24, 2.45) is 0 Å². The number of fused-ring (bicyclic) bond motifs is 1. The summed E-state index contributed by atoms with van der Waals surface area (Å²) in [5.41, 5.74) is 3.09. The van der Waals surface area contributed by atoms with E-state index in [0.717, 1.165) is 17.5 Å². The van der Waals surface area contributed by atoms with E-state index in [-0.39, 0.29) is 11.6 Å². The summed E-state index contributed by atoms with van der Waals surface area (Å²) in [6, 6.07) is 4.72. The van der Waals surface area contributed by atoms with Crippen molar-refractivity contribution in [1.82, 2.24) is 15.4 Å². The normalized spacial score (nSPS) is 16.7. The van der Waals surface area contributed by atoms with Crippen molar-refractivity contribution < 1.29 is 14.4 Å². The molecule has 2 aromatic rings. The molecule has 1 aromatic heterocycles. The molecule has 114 valence electrons. The molecule has 0 radical (unpaired) electrons. The fraction of sp³-hybridized carbons (Fsp3) is 0.267. The molecule has 1 unspecified atom stereocenters. The van der Waals surface area contributed by atoms with Gasteiger partial charge in [0, 0.05) is 18.4 Å². The van der Waals surface area contributed by atoms with Gasteiger partial charge in [-0.2, -0.15) is 0 Å². The molecule has 22 heavy (non-hydrogen) atoms. The Morgan fingerprint density at radius 1 is 1.27 bits per heavy atom. The number of benzene rings is 1. The summed E-state index contributed by atoms with van der Waals surface area (Å²) in [5.74, 6) is -0.920. The predicted molar refractivity (Wildman–Crippen MR) is 77.1 cm³/mol. The number of anilines is 1. The van der Waals surface area contributed by atoms with Gasteiger partial charge >= 0.3 is 0 Å². The Morgan fingerprint density at radius 2 is 2.05 bits per heavy atom. The van der Waals surface area contributed by atoms with E-state index < -0.39 is 11.7 Å². The molecule has 3 rings (SSSR count). The van der Waals surface area contributed by atoms with Gasteiger partial charge in [0.25, 0.3) is 5.91 Å². The van der Waals surface area contributed by atoms with Crippen LogP contribution in [0.1, 0.15) is 27.9 Å². The highest BCUT2D eigenvalue weighted by Gasteiger charge is 2.22. The van der Waals surface area contributed by atoms with E-state index in [1.807, 2.05) is 0 Å². The number of nitrogens with zero attached hydrogens (tertiary/aromatic N) is 2. The van der Waals surface area contributed by atoms with Crippen LogP contribution in [0.15, 0.2) is 30.6 Å². The highest BCUT2D eigenvalue weighted by atomic mass is 19.1. The first-order valence-electron chi connectivity index (χ1n) is 6.96. The molecule has 1 amide bonds. The largest absolute Gasteiger partial charge is 0.351 e. The minimum atomic E-state index is -0.846. The second-order valence-corrected chi connectivity index (χ2v) is 5.20. The summed E-state index contributed by atoms with van der Waals surface area (Å²) in [6.07, 6.45) is 5.49. The SMILES string of the molecule is O=C(NO)c1cc2c(cc1F)CCC(Nc1ncccn1)C2. The first-order chi connectivity index (χ1) is 10.7. The zero-order valence-electron chi connectivity index (χ0n) is 11.7. The number of carbonyl (C=O) groups excluding carboxylic acids is 1. The standard InChI is InChI=1S/C15H15FN4O2/c16-13-8-9-2-3-11(19-15-17-4-1-5-18-15)6-10(9)7-12(13)14(21)20-22/h1,4-5,7-8,11,22H,2-3,6H2,(H,20,21)(H,17,18,19). The van der Waals surface area contributed by atoms with Crippen LogP contribution < -0.4 is 10.8 Å². The van der Waals surface area contributed by atoms with Crippen LogP contribution in [0, 0.1) is 5.82 Å². The van der Waals surface area contributed by atoms with Gasteiger partial charge in [-0.15, -0.1) is 0 Å². The number of carbonyl (C=O) groups is 1. The first kappa shape index (κ1) is 14.4. The van der Waals surface area contributed by atoms with E-state index >= 15 is 0 Å². The van der Waals surface area contributed by atoms with Gasteiger partial charge in [0.2, 0.25) is 5.95 Å². The summed E-state index contributed by atoms with van der Waals surface area (Å²) >= 11 is 0. The number of hydroxylamine groups is 1. The van der Waals surface area contributed by atoms with Gasteiger partial charge in [-0.1, -0.05) is 0 Å². The lowest BCUT2D eigenvalue weighted by Crippen LogP contribution is -2.29. The molecule has 6 nitrogen and oxygen atoms in total.